The summed E-state index contributed by atoms with van der Waals surface area (Å²) in [5, 5.41) is 5.11. The van der Waals surface area contributed by atoms with Crippen LogP contribution < -0.4 is 5.32 Å². The average Bonchev–Trinajstić information content (AvgIpc) is 2.76. The smallest absolute Gasteiger partial charge is 0.173 e. The van der Waals surface area contributed by atoms with Crippen LogP contribution in [-0.2, 0) is 6.42 Å². The number of thiophene rings is 1. The lowest BCUT2D eigenvalue weighted by Gasteiger charge is -2.09. The molecule has 3 nitrogen and oxygen atoms in total. The van der Waals surface area contributed by atoms with Crippen LogP contribution in [0, 0.1) is 0 Å². The van der Waals surface area contributed by atoms with Gasteiger partial charge in [0.25, 0.3) is 0 Å². The standard InChI is InChI=1S/C11H11Br2N3S/c1-3-7-8(13)10(14-2)16-11(15-7)9-6(12)4-5-17-9/h4-5H,3H2,1-2H3,(H,14,15,16). The van der Waals surface area contributed by atoms with Crippen LogP contribution in [0.4, 0.5) is 5.82 Å². The number of hydrogen-bond acceptors (Lipinski definition) is 4. The zero-order chi connectivity index (χ0) is 12.4. The molecule has 0 unspecified atom stereocenters. The normalized spacial score (nSPS) is 10.6. The monoisotopic (exact) mass is 375 g/mol. The Hall–Kier alpha value is -0.460. The Morgan fingerprint density at radius 1 is 1.35 bits per heavy atom. The molecule has 0 bridgehead atoms. The van der Waals surface area contributed by atoms with Gasteiger partial charge in [-0.15, -0.1) is 11.3 Å². The fraction of sp³-hybridized carbons (Fsp3) is 0.273. The van der Waals surface area contributed by atoms with Gasteiger partial charge >= 0.3 is 0 Å². The molecule has 1 N–H and O–H groups in total. The van der Waals surface area contributed by atoms with Crippen molar-refractivity contribution in [2.75, 3.05) is 12.4 Å². The van der Waals surface area contributed by atoms with E-state index in [1.165, 1.54) is 0 Å². The minimum Gasteiger partial charge on any atom is -0.372 e. The predicted molar refractivity (Wildman–Crippen MR) is 79.7 cm³/mol. The number of nitrogens with one attached hydrogen (secondary N) is 1. The summed E-state index contributed by atoms with van der Waals surface area (Å²) >= 11 is 8.67. The van der Waals surface area contributed by atoms with Crippen molar-refractivity contribution in [1.82, 2.24) is 9.97 Å². The molecule has 2 aromatic rings. The van der Waals surface area contributed by atoms with E-state index in [0.717, 1.165) is 37.6 Å². The molecule has 0 radical (unpaired) electrons. The van der Waals surface area contributed by atoms with E-state index in [2.05, 4.69) is 54.1 Å². The fourth-order valence-electron chi connectivity index (χ4n) is 1.45. The van der Waals surface area contributed by atoms with Crippen molar-refractivity contribution in [3.05, 3.63) is 26.1 Å². The first-order chi connectivity index (χ1) is 8.17. The fourth-order valence-corrected chi connectivity index (χ4v) is 3.59. The Morgan fingerprint density at radius 2 is 2.12 bits per heavy atom. The molecule has 6 heteroatoms. The number of rotatable bonds is 3. The van der Waals surface area contributed by atoms with Gasteiger partial charge in [-0.3, -0.25) is 0 Å². The lowest BCUT2D eigenvalue weighted by Crippen LogP contribution is -2.02. The highest BCUT2D eigenvalue weighted by Gasteiger charge is 2.14. The average molecular weight is 377 g/mol. The third kappa shape index (κ3) is 2.53. The number of anilines is 1. The van der Waals surface area contributed by atoms with Crippen molar-refractivity contribution in [3.8, 4) is 10.7 Å². The number of aryl methyl sites for hydroxylation is 1. The first kappa shape index (κ1) is 13.0. The second kappa shape index (κ2) is 5.46. The molecule has 2 heterocycles. The lowest BCUT2D eigenvalue weighted by molar-refractivity contribution is 0.993. The van der Waals surface area contributed by atoms with Crippen LogP contribution in [0.3, 0.4) is 0 Å². The van der Waals surface area contributed by atoms with Gasteiger partial charge in [0.15, 0.2) is 5.82 Å². The van der Waals surface area contributed by atoms with Gasteiger partial charge in [0.05, 0.1) is 15.0 Å². The summed E-state index contributed by atoms with van der Waals surface area (Å²) in [6.07, 6.45) is 0.869. The molecular formula is C11H11Br2N3S. The summed E-state index contributed by atoms with van der Waals surface area (Å²) < 4.78 is 1.98. The van der Waals surface area contributed by atoms with E-state index in [4.69, 9.17) is 0 Å². The maximum absolute atomic E-state index is 4.59. The van der Waals surface area contributed by atoms with E-state index in [1.54, 1.807) is 11.3 Å². The SMILES string of the molecule is CCc1nc(-c2sccc2Br)nc(NC)c1Br. The summed E-state index contributed by atoms with van der Waals surface area (Å²) in [7, 11) is 1.86. The summed E-state index contributed by atoms with van der Waals surface area (Å²) in [4.78, 5) is 10.2. The summed E-state index contributed by atoms with van der Waals surface area (Å²) in [6, 6.07) is 2.01. The molecule has 0 spiro atoms. The topological polar surface area (TPSA) is 37.8 Å². The largest absolute Gasteiger partial charge is 0.372 e. The molecule has 0 aliphatic carbocycles. The predicted octanol–water partition coefficient (Wildman–Crippen LogP) is 4.33. The number of hydrogen-bond donors (Lipinski definition) is 1. The van der Waals surface area contributed by atoms with Crippen LogP contribution in [0.2, 0.25) is 0 Å². The van der Waals surface area contributed by atoms with Gasteiger partial charge in [-0.2, -0.15) is 0 Å². The van der Waals surface area contributed by atoms with Gasteiger partial charge in [0, 0.05) is 11.5 Å². The molecule has 0 aliphatic heterocycles. The quantitative estimate of drug-likeness (QED) is 0.865. The summed E-state index contributed by atoms with van der Waals surface area (Å²) in [6.45, 7) is 2.08. The molecule has 0 aromatic carbocycles. The molecular weight excluding hydrogens is 366 g/mol. The Morgan fingerprint density at radius 3 is 2.65 bits per heavy atom. The van der Waals surface area contributed by atoms with Crippen LogP contribution in [0.15, 0.2) is 20.4 Å². The third-order valence-electron chi connectivity index (χ3n) is 2.31. The van der Waals surface area contributed by atoms with Gasteiger partial charge in [-0.1, -0.05) is 6.92 Å². The van der Waals surface area contributed by atoms with Crippen LogP contribution in [-0.4, -0.2) is 17.0 Å². The van der Waals surface area contributed by atoms with Gasteiger partial charge in [-0.05, 0) is 49.7 Å². The molecule has 0 fully saturated rings. The van der Waals surface area contributed by atoms with Crippen LogP contribution in [0.25, 0.3) is 10.7 Å². The molecule has 0 amide bonds. The molecule has 2 rings (SSSR count). The maximum atomic E-state index is 4.59. The van der Waals surface area contributed by atoms with Crippen LogP contribution >= 0.6 is 43.2 Å². The van der Waals surface area contributed by atoms with Gasteiger partial charge in [-0.25, -0.2) is 9.97 Å². The second-order valence-electron chi connectivity index (χ2n) is 3.36. The minimum absolute atomic E-state index is 0.760. The zero-order valence-corrected chi connectivity index (χ0v) is 13.4. The number of halogens is 2. The third-order valence-corrected chi connectivity index (χ3v) is 4.98. The highest BCUT2D eigenvalue weighted by Crippen LogP contribution is 2.34. The van der Waals surface area contributed by atoms with Crippen molar-refractivity contribution in [2.45, 2.75) is 13.3 Å². The van der Waals surface area contributed by atoms with E-state index in [9.17, 15) is 0 Å². The number of aromatic nitrogens is 2. The summed E-state index contributed by atoms with van der Waals surface area (Å²) in [5.41, 5.74) is 1.01. The van der Waals surface area contributed by atoms with E-state index in [-0.39, 0.29) is 0 Å². The van der Waals surface area contributed by atoms with Crippen LogP contribution in [0.5, 0.6) is 0 Å². The second-order valence-corrected chi connectivity index (χ2v) is 5.92. The molecule has 0 aliphatic rings. The maximum Gasteiger partial charge on any atom is 0.173 e. The van der Waals surface area contributed by atoms with E-state index < -0.39 is 0 Å². The number of nitrogens with zero attached hydrogens (tertiary/aromatic N) is 2. The van der Waals surface area contributed by atoms with E-state index in [0.29, 0.717) is 0 Å². The molecule has 17 heavy (non-hydrogen) atoms. The molecule has 0 saturated heterocycles. The molecule has 90 valence electrons. The van der Waals surface area contributed by atoms with Gasteiger partial charge < -0.3 is 5.32 Å². The first-order valence-electron chi connectivity index (χ1n) is 5.14. The van der Waals surface area contributed by atoms with Crippen LogP contribution in [0.1, 0.15) is 12.6 Å². The van der Waals surface area contributed by atoms with Crippen molar-refractivity contribution in [1.29, 1.82) is 0 Å². The summed E-state index contributed by atoms with van der Waals surface area (Å²) in [5.74, 6) is 1.59. The molecule has 0 atom stereocenters. The Kier molecular flexibility index (Phi) is 4.17. The van der Waals surface area contributed by atoms with Crippen molar-refractivity contribution < 1.29 is 0 Å². The van der Waals surface area contributed by atoms with E-state index in [1.807, 2.05) is 18.5 Å². The Bertz CT molecular complexity index is 514. The first-order valence-corrected chi connectivity index (χ1v) is 7.61. The molecule has 2 aromatic heterocycles. The van der Waals surface area contributed by atoms with E-state index >= 15 is 0 Å². The Labute approximate surface area is 121 Å². The van der Waals surface area contributed by atoms with Gasteiger partial charge in [0.1, 0.15) is 5.82 Å². The highest BCUT2D eigenvalue weighted by molar-refractivity contribution is 9.11. The highest BCUT2D eigenvalue weighted by atomic mass is 79.9. The minimum atomic E-state index is 0.760. The van der Waals surface area contributed by atoms with Crippen molar-refractivity contribution in [3.63, 3.8) is 0 Å². The molecule has 0 saturated carbocycles. The Balaban J connectivity index is 2.60. The van der Waals surface area contributed by atoms with Gasteiger partial charge in [0.2, 0.25) is 0 Å². The van der Waals surface area contributed by atoms with Crippen molar-refractivity contribution in [2.24, 2.45) is 0 Å². The zero-order valence-electron chi connectivity index (χ0n) is 9.42. The van der Waals surface area contributed by atoms with Crippen molar-refractivity contribution >= 4 is 49.0 Å². The lowest BCUT2D eigenvalue weighted by atomic mass is 10.3.